The monoisotopic (exact) mass is 130 g/mol. The Labute approximate surface area is 55.2 Å². The van der Waals surface area contributed by atoms with Crippen molar-refractivity contribution in [3.05, 3.63) is 0 Å². The number of rotatable bonds is 0. The zero-order valence-corrected chi connectivity index (χ0v) is 5.72. The third kappa shape index (κ3) is 1.41. The lowest BCUT2D eigenvalue weighted by Crippen LogP contribution is -2.56. The van der Waals surface area contributed by atoms with E-state index in [1.165, 1.54) is 0 Å². The maximum atomic E-state index is 9.48. The first-order valence-corrected chi connectivity index (χ1v) is 3.31. The van der Waals surface area contributed by atoms with Crippen molar-refractivity contribution < 1.29 is 5.11 Å². The number of nitrogens with one attached hydrogen (secondary N) is 1. The Morgan fingerprint density at radius 1 is 1.78 bits per heavy atom. The van der Waals surface area contributed by atoms with E-state index in [4.69, 9.17) is 5.73 Å². The summed E-state index contributed by atoms with van der Waals surface area (Å²) < 4.78 is 0. The molecule has 4 N–H and O–H groups in total. The van der Waals surface area contributed by atoms with E-state index in [9.17, 15) is 5.11 Å². The average molecular weight is 130 g/mol. The van der Waals surface area contributed by atoms with E-state index in [-0.39, 0.29) is 6.04 Å². The highest BCUT2D eigenvalue weighted by molar-refractivity contribution is 4.90. The van der Waals surface area contributed by atoms with Gasteiger partial charge in [-0.3, -0.25) is 0 Å². The first kappa shape index (κ1) is 6.99. The highest BCUT2D eigenvalue weighted by atomic mass is 16.3. The maximum absolute atomic E-state index is 9.48. The van der Waals surface area contributed by atoms with Gasteiger partial charge in [0.05, 0.1) is 5.60 Å². The lowest BCUT2D eigenvalue weighted by molar-refractivity contribution is 0.0106. The molecule has 3 heteroatoms. The summed E-state index contributed by atoms with van der Waals surface area (Å²) in [4.78, 5) is 0. The molecule has 0 aliphatic carbocycles. The Kier molecular flexibility index (Phi) is 1.75. The third-order valence-electron chi connectivity index (χ3n) is 1.97. The zero-order valence-electron chi connectivity index (χ0n) is 5.72. The van der Waals surface area contributed by atoms with Gasteiger partial charge in [0.2, 0.25) is 0 Å². The molecule has 9 heavy (non-hydrogen) atoms. The van der Waals surface area contributed by atoms with Crippen LogP contribution in [0.4, 0.5) is 0 Å². The van der Waals surface area contributed by atoms with Crippen LogP contribution < -0.4 is 11.1 Å². The van der Waals surface area contributed by atoms with E-state index in [1.54, 1.807) is 6.92 Å². The molecule has 0 aromatic carbocycles. The van der Waals surface area contributed by atoms with Crippen molar-refractivity contribution in [3.8, 4) is 0 Å². The van der Waals surface area contributed by atoms with Gasteiger partial charge < -0.3 is 16.2 Å². The quantitative estimate of drug-likeness (QED) is 0.396. The smallest absolute Gasteiger partial charge is 0.0794 e. The van der Waals surface area contributed by atoms with E-state index in [0.717, 1.165) is 19.5 Å². The predicted molar refractivity (Wildman–Crippen MR) is 36.1 cm³/mol. The molecule has 2 atom stereocenters. The van der Waals surface area contributed by atoms with Crippen LogP contribution in [0.2, 0.25) is 0 Å². The van der Waals surface area contributed by atoms with E-state index in [2.05, 4.69) is 5.32 Å². The van der Waals surface area contributed by atoms with E-state index in [0.29, 0.717) is 0 Å². The minimum absolute atomic E-state index is 0.105. The molecular formula is C6H14N2O. The summed E-state index contributed by atoms with van der Waals surface area (Å²) >= 11 is 0. The van der Waals surface area contributed by atoms with E-state index in [1.807, 2.05) is 0 Å². The molecule has 1 fully saturated rings. The van der Waals surface area contributed by atoms with Crippen molar-refractivity contribution in [2.75, 3.05) is 13.1 Å². The maximum Gasteiger partial charge on any atom is 0.0794 e. The molecule has 0 saturated carbocycles. The Balaban J connectivity index is 2.49. The normalized spacial score (nSPS) is 45.0. The van der Waals surface area contributed by atoms with Crippen LogP contribution in [0, 0.1) is 0 Å². The first-order valence-electron chi connectivity index (χ1n) is 3.31. The first-order chi connectivity index (χ1) is 4.13. The molecule has 54 valence electrons. The highest BCUT2D eigenvalue weighted by Gasteiger charge is 2.30. The van der Waals surface area contributed by atoms with Crippen molar-refractivity contribution in [1.82, 2.24) is 5.32 Å². The summed E-state index contributed by atoms with van der Waals surface area (Å²) in [5.41, 5.74) is 4.95. The fourth-order valence-corrected chi connectivity index (χ4v) is 1.00. The second-order valence-corrected chi connectivity index (χ2v) is 2.92. The van der Waals surface area contributed by atoms with Gasteiger partial charge in [0.25, 0.3) is 0 Å². The van der Waals surface area contributed by atoms with Crippen LogP contribution in [-0.4, -0.2) is 29.8 Å². The molecular weight excluding hydrogens is 116 g/mol. The van der Waals surface area contributed by atoms with Crippen LogP contribution >= 0.6 is 0 Å². The fourth-order valence-electron chi connectivity index (χ4n) is 1.00. The van der Waals surface area contributed by atoms with Gasteiger partial charge in [0, 0.05) is 12.6 Å². The van der Waals surface area contributed by atoms with Crippen LogP contribution in [0.5, 0.6) is 0 Å². The van der Waals surface area contributed by atoms with Gasteiger partial charge in [0.15, 0.2) is 0 Å². The van der Waals surface area contributed by atoms with Gasteiger partial charge in [0.1, 0.15) is 0 Å². The van der Waals surface area contributed by atoms with Gasteiger partial charge in [-0.1, -0.05) is 0 Å². The molecule has 1 aliphatic heterocycles. The van der Waals surface area contributed by atoms with E-state index >= 15 is 0 Å². The second-order valence-electron chi connectivity index (χ2n) is 2.92. The lowest BCUT2D eigenvalue weighted by Gasteiger charge is -2.34. The number of aliphatic hydroxyl groups is 1. The third-order valence-corrected chi connectivity index (χ3v) is 1.97. The Hall–Kier alpha value is -0.120. The van der Waals surface area contributed by atoms with Crippen molar-refractivity contribution in [2.24, 2.45) is 5.73 Å². The van der Waals surface area contributed by atoms with Gasteiger partial charge in [-0.05, 0) is 19.9 Å². The SMILES string of the molecule is CC1(O)CCNCC1N. The molecule has 0 aromatic heterocycles. The molecule has 0 amide bonds. The molecule has 3 nitrogen and oxygen atoms in total. The minimum atomic E-state index is -0.648. The predicted octanol–water partition coefficient (Wildman–Crippen LogP) is -0.942. The second kappa shape index (κ2) is 2.25. The van der Waals surface area contributed by atoms with Crippen LogP contribution in [0.1, 0.15) is 13.3 Å². The van der Waals surface area contributed by atoms with E-state index < -0.39 is 5.60 Å². The molecule has 0 bridgehead atoms. The minimum Gasteiger partial charge on any atom is -0.388 e. The van der Waals surface area contributed by atoms with Gasteiger partial charge in [-0.2, -0.15) is 0 Å². The lowest BCUT2D eigenvalue weighted by atomic mass is 9.90. The molecule has 2 unspecified atom stereocenters. The fraction of sp³-hybridized carbons (Fsp3) is 1.00. The standard InChI is InChI=1S/C6H14N2O/c1-6(9)2-3-8-4-5(6)7/h5,8-9H,2-4,7H2,1H3. The van der Waals surface area contributed by atoms with Crippen LogP contribution in [0.3, 0.4) is 0 Å². The molecule has 1 saturated heterocycles. The van der Waals surface area contributed by atoms with Crippen LogP contribution in [-0.2, 0) is 0 Å². The average Bonchev–Trinajstić information content (AvgIpc) is 1.77. The van der Waals surface area contributed by atoms with Crippen molar-refractivity contribution >= 4 is 0 Å². The molecule has 0 spiro atoms. The Morgan fingerprint density at radius 2 is 2.44 bits per heavy atom. The van der Waals surface area contributed by atoms with Crippen LogP contribution in [0.15, 0.2) is 0 Å². The number of hydrogen-bond donors (Lipinski definition) is 3. The summed E-state index contributed by atoms with van der Waals surface area (Å²) in [5.74, 6) is 0. The summed E-state index contributed by atoms with van der Waals surface area (Å²) in [7, 11) is 0. The molecule has 0 aromatic rings. The Morgan fingerprint density at radius 3 is 2.78 bits per heavy atom. The molecule has 1 aliphatic rings. The van der Waals surface area contributed by atoms with Gasteiger partial charge in [-0.25, -0.2) is 0 Å². The molecule has 0 radical (unpaired) electrons. The van der Waals surface area contributed by atoms with Crippen molar-refractivity contribution in [2.45, 2.75) is 25.0 Å². The number of piperidine rings is 1. The topological polar surface area (TPSA) is 58.3 Å². The number of nitrogens with two attached hydrogens (primary N) is 1. The molecule has 1 heterocycles. The van der Waals surface area contributed by atoms with Gasteiger partial charge in [-0.15, -0.1) is 0 Å². The van der Waals surface area contributed by atoms with Crippen LogP contribution in [0.25, 0.3) is 0 Å². The van der Waals surface area contributed by atoms with Crippen molar-refractivity contribution in [1.29, 1.82) is 0 Å². The zero-order chi connectivity index (χ0) is 6.91. The number of hydrogen-bond acceptors (Lipinski definition) is 3. The molecule has 1 rings (SSSR count). The summed E-state index contributed by atoms with van der Waals surface area (Å²) in [6, 6.07) is -0.105. The highest BCUT2D eigenvalue weighted by Crippen LogP contribution is 2.14. The summed E-state index contributed by atoms with van der Waals surface area (Å²) in [6.45, 7) is 3.40. The largest absolute Gasteiger partial charge is 0.388 e. The summed E-state index contributed by atoms with van der Waals surface area (Å²) in [6.07, 6.45) is 0.758. The van der Waals surface area contributed by atoms with Crippen molar-refractivity contribution in [3.63, 3.8) is 0 Å². The Bertz CT molecular complexity index is 103. The summed E-state index contributed by atoms with van der Waals surface area (Å²) in [5, 5.41) is 12.6. The van der Waals surface area contributed by atoms with Gasteiger partial charge >= 0.3 is 0 Å².